The number of carbonyl (C=O) groups is 2. The standard InChI is InChI=1S/C31H40F2O4S.C27H35F2NO4S/c1-29(2,3)21-37-28(34)31(19-16-26(17-20-31)24-9-10-24)38(35,36)27-13-11-25(12-14-27)23-7-5-22(6-8-23)15-18-30(4,32)33;1-25(2,3)19-34-24(31)27(15-17-30-18-16-27)35(32,33)23-11-9-22(10-12-23)21-7-5-20(6-8-21)13-14-26(4,28)29/h5-8,11-14,24,26H,9-10,15-21H2,1-4H3;5-12,30H,13-19H2,1-4H3. The number of hydrogen-bond acceptors (Lipinski definition) is 9. The number of piperidine rings is 1. The number of carbonyl (C=O) groups excluding carboxylic acids is 2. The van der Waals surface area contributed by atoms with Crippen molar-refractivity contribution in [1.82, 2.24) is 5.32 Å². The van der Waals surface area contributed by atoms with Gasteiger partial charge in [0.1, 0.15) is 0 Å². The highest BCUT2D eigenvalue weighted by molar-refractivity contribution is 7.94. The summed E-state index contributed by atoms with van der Waals surface area (Å²) in [6.07, 6.45) is 4.88. The van der Waals surface area contributed by atoms with Crippen LogP contribution in [0.5, 0.6) is 0 Å². The fourth-order valence-corrected chi connectivity index (χ4v) is 13.5. The molecule has 0 amide bonds. The maximum atomic E-state index is 14.1. The Morgan fingerprint density at radius 1 is 0.493 bits per heavy atom. The molecular formula is C58H75F4NO8S2. The average Bonchev–Trinajstić information content (AvgIpc) is 4.20. The number of alkyl halides is 4. The van der Waals surface area contributed by atoms with Crippen molar-refractivity contribution in [3.05, 3.63) is 108 Å². The number of halogens is 4. The Bertz CT molecular complexity index is 2700. The molecule has 1 heterocycles. The van der Waals surface area contributed by atoms with Crippen molar-refractivity contribution in [2.45, 2.75) is 164 Å². The topological polar surface area (TPSA) is 133 Å². The van der Waals surface area contributed by atoms with Gasteiger partial charge in [0.05, 0.1) is 23.0 Å². The quantitative estimate of drug-likeness (QED) is 0.0810. The van der Waals surface area contributed by atoms with E-state index < -0.39 is 53.0 Å². The summed E-state index contributed by atoms with van der Waals surface area (Å²) >= 11 is 0. The Morgan fingerprint density at radius 3 is 1.10 bits per heavy atom. The van der Waals surface area contributed by atoms with Gasteiger partial charge in [-0.3, -0.25) is 9.59 Å². The van der Waals surface area contributed by atoms with Gasteiger partial charge < -0.3 is 14.8 Å². The molecule has 15 heteroatoms. The molecule has 1 saturated heterocycles. The molecule has 0 bridgehead atoms. The summed E-state index contributed by atoms with van der Waals surface area (Å²) in [4.78, 5) is 26.8. The number of rotatable bonds is 17. The highest BCUT2D eigenvalue weighted by Gasteiger charge is 2.56. The van der Waals surface area contributed by atoms with Crippen LogP contribution in [-0.4, -0.2) is 76.4 Å². The van der Waals surface area contributed by atoms with Crippen molar-refractivity contribution in [1.29, 1.82) is 0 Å². The predicted octanol–water partition coefficient (Wildman–Crippen LogP) is 13.1. The molecule has 2 aliphatic carbocycles. The first-order valence-corrected chi connectivity index (χ1v) is 28.6. The third-order valence-corrected chi connectivity index (χ3v) is 19.2. The van der Waals surface area contributed by atoms with E-state index in [0.717, 1.165) is 60.1 Å². The molecule has 9 nitrogen and oxygen atoms in total. The van der Waals surface area contributed by atoms with Crippen LogP contribution in [0, 0.1) is 22.7 Å². The number of aryl methyl sites for hydroxylation is 2. The van der Waals surface area contributed by atoms with Crippen molar-refractivity contribution in [3.63, 3.8) is 0 Å². The largest absolute Gasteiger partial charge is 0.464 e. The molecule has 1 N–H and O–H groups in total. The number of ether oxygens (including phenoxy) is 2. The summed E-state index contributed by atoms with van der Waals surface area (Å²) in [5.74, 6) is -5.56. The maximum Gasteiger partial charge on any atom is 0.327 e. The zero-order valence-electron chi connectivity index (χ0n) is 43.8. The first-order chi connectivity index (χ1) is 33.9. The van der Waals surface area contributed by atoms with Crippen LogP contribution in [-0.2, 0) is 51.6 Å². The van der Waals surface area contributed by atoms with E-state index in [2.05, 4.69) is 5.32 Å². The predicted molar refractivity (Wildman–Crippen MR) is 279 cm³/mol. The van der Waals surface area contributed by atoms with Crippen LogP contribution >= 0.6 is 0 Å². The highest BCUT2D eigenvalue weighted by Crippen LogP contribution is 2.50. The molecule has 73 heavy (non-hydrogen) atoms. The number of nitrogens with one attached hydrogen (secondary N) is 1. The molecule has 0 unspecified atom stereocenters. The monoisotopic (exact) mass is 1050 g/mol. The third-order valence-electron chi connectivity index (χ3n) is 14.2. The fourth-order valence-electron chi connectivity index (χ4n) is 9.53. The van der Waals surface area contributed by atoms with Crippen LogP contribution in [0.3, 0.4) is 0 Å². The molecule has 3 fully saturated rings. The first kappa shape index (κ1) is 57.7. The van der Waals surface area contributed by atoms with Gasteiger partial charge in [-0.05, 0) is 171 Å². The van der Waals surface area contributed by atoms with E-state index in [4.69, 9.17) is 9.47 Å². The lowest BCUT2D eigenvalue weighted by atomic mass is 9.79. The maximum absolute atomic E-state index is 14.1. The van der Waals surface area contributed by atoms with E-state index >= 15 is 0 Å². The van der Waals surface area contributed by atoms with Gasteiger partial charge in [0.2, 0.25) is 11.8 Å². The van der Waals surface area contributed by atoms with Crippen LogP contribution in [0.15, 0.2) is 107 Å². The molecular weight excluding hydrogens is 979 g/mol. The Balaban J connectivity index is 0.000000239. The van der Waals surface area contributed by atoms with Gasteiger partial charge in [-0.15, -0.1) is 0 Å². The summed E-state index contributed by atoms with van der Waals surface area (Å²) in [6.45, 7) is 14.6. The smallest absolute Gasteiger partial charge is 0.327 e. The van der Waals surface area contributed by atoms with E-state index in [1.54, 1.807) is 48.5 Å². The summed E-state index contributed by atoms with van der Waals surface area (Å²) in [6, 6.07) is 27.7. The minimum absolute atomic E-state index is 0.0812. The molecule has 7 rings (SSSR count). The number of esters is 2. The van der Waals surface area contributed by atoms with Gasteiger partial charge in [0.15, 0.2) is 29.2 Å². The van der Waals surface area contributed by atoms with Crippen molar-refractivity contribution in [3.8, 4) is 22.3 Å². The molecule has 0 spiro atoms. The zero-order chi connectivity index (χ0) is 53.7. The van der Waals surface area contributed by atoms with Crippen LogP contribution in [0.2, 0.25) is 0 Å². The summed E-state index contributed by atoms with van der Waals surface area (Å²) < 4.78 is 116. The van der Waals surface area contributed by atoms with E-state index in [0.29, 0.717) is 37.8 Å². The third kappa shape index (κ3) is 15.1. The zero-order valence-corrected chi connectivity index (χ0v) is 45.4. The summed E-state index contributed by atoms with van der Waals surface area (Å²) in [7, 11) is -8.00. The van der Waals surface area contributed by atoms with Crippen LogP contribution in [0.1, 0.15) is 131 Å². The molecule has 0 atom stereocenters. The Morgan fingerprint density at radius 2 is 0.795 bits per heavy atom. The molecule has 4 aromatic carbocycles. The second-order valence-electron chi connectivity index (χ2n) is 23.3. The molecule has 3 aliphatic rings. The van der Waals surface area contributed by atoms with Crippen molar-refractivity contribution in [2.24, 2.45) is 22.7 Å². The van der Waals surface area contributed by atoms with Gasteiger partial charge in [-0.2, -0.15) is 0 Å². The Kier molecular flexibility index (Phi) is 17.9. The van der Waals surface area contributed by atoms with Crippen molar-refractivity contribution >= 4 is 31.6 Å². The highest BCUT2D eigenvalue weighted by atomic mass is 32.2. The molecule has 1 aliphatic heterocycles. The van der Waals surface area contributed by atoms with Crippen LogP contribution in [0.4, 0.5) is 17.6 Å². The number of sulfone groups is 2. The molecule has 2 saturated carbocycles. The molecule has 0 radical (unpaired) electrons. The van der Waals surface area contributed by atoms with Gasteiger partial charge in [-0.1, -0.05) is 114 Å². The lowest BCUT2D eigenvalue weighted by Crippen LogP contribution is -2.54. The minimum Gasteiger partial charge on any atom is -0.464 e. The number of hydrogen-bond donors (Lipinski definition) is 1. The fraction of sp³-hybridized carbons (Fsp3) is 0.552. The average molecular weight is 1050 g/mol. The number of benzene rings is 4. The van der Waals surface area contributed by atoms with Gasteiger partial charge in [0.25, 0.3) is 0 Å². The second-order valence-corrected chi connectivity index (χ2v) is 27.8. The van der Waals surface area contributed by atoms with Crippen LogP contribution < -0.4 is 5.32 Å². The van der Waals surface area contributed by atoms with Crippen molar-refractivity contribution < 1.29 is 53.5 Å². The molecule has 0 aromatic heterocycles. The summed E-state index contributed by atoms with van der Waals surface area (Å²) in [5.41, 5.74) is 4.43. The second kappa shape index (κ2) is 22.7. The van der Waals surface area contributed by atoms with E-state index in [9.17, 15) is 44.0 Å². The molecule has 4 aromatic rings. The van der Waals surface area contributed by atoms with E-state index in [1.807, 2.05) is 77.9 Å². The van der Waals surface area contributed by atoms with Gasteiger partial charge in [-0.25, -0.2) is 34.4 Å². The summed E-state index contributed by atoms with van der Waals surface area (Å²) in [5, 5.41) is 3.13. The van der Waals surface area contributed by atoms with Gasteiger partial charge in [0, 0.05) is 12.8 Å². The van der Waals surface area contributed by atoms with E-state index in [-0.39, 0.29) is 72.4 Å². The minimum atomic E-state index is -4.00. The Labute approximate surface area is 431 Å². The molecule has 400 valence electrons. The van der Waals surface area contributed by atoms with E-state index in [1.165, 1.54) is 25.0 Å². The first-order valence-electron chi connectivity index (χ1n) is 25.6. The van der Waals surface area contributed by atoms with Crippen molar-refractivity contribution in [2.75, 3.05) is 26.3 Å². The lowest BCUT2D eigenvalue weighted by Gasteiger charge is -2.38. The van der Waals surface area contributed by atoms with Gasteiger partial charge >= 0.3 is 11.9 Å². The normalized spacial score (nSPS) is 19.8. The van der Waals surface area contributed by atoms with Crippen LogP contribution in [0.25, 0.3) is 22.3 Å². The SMILES string of the molecule is CC(C)(C)COC(=O)C1(S(=O)(=O)c2ccc(-c3ccc(CCC(C)(F)F)cc3)cc2)CCC(C2CC2)CC1.CC(C)(C)COC(=O)C1(S(=O)(=O)c2ccc(-c3ccc(CCC(C)(F)F)cc3)cc2)CCNCC1. The Hall–Kier alpha value is -4.60. The lowest BCUT2D eigenvalue weighted by molar-refractivity contribution is -0.151.